The summed E-state index contributed by atoms with van der Waals surface area (Å²) >= 11 is 0. The Morgan fingerprint density at radius 1 is 1.15 bits per heavy atom. The summed E-state index contributed by atoms with van der Waals surface area (Å²) in [5.41, 5.74) is 2.60. The normalized spacial score (nSPS) is 10.6. The molecule has 0 atom stereocenters. The molecule has 0 aliphatic heterocycles. The van der Waals surface area contributed by atoms with E-state index in [0.29, 0.717) is 17.9 Å². The summed E-state index contributed by atoms with van der Waals surface area (Å²) in [6, 6.07) is 6.98. The summed E-state index contributed by atoms with van der Waals surface area (Å²) in [6.45, 7) is 6.10. The zero-order valence-electron chi connectivity index (χ0n) is 12.0. The van der Waals surface area contributed by atoms with Gasteiger partial charge in [-0.1, -0.05) is 12.1 Å². The number of aryl methyl sites for hydroxylation is 2. The fourth-order valence-electron chi connectivity index (χ4n) is 2.20. The van der Waals surface area contributed by atoms with Gasteiger partial charge in [0.05, 0.1) is 5.56 Å². The minimum atomic E-state index is -0.101. The van der Waals surface area contributed by atoms with Crippen LogP contribution in [0.25, 0.3) is 0 Å². The van der Waals surface area contributed by atoms with Crippen LogP contribution in [-0.2, 0) is 6.42 Å². The molecule has 0 aliphatic carbocycles. The van der Waals surface area contributed by atoms with Crippen LogP contribution in [0.1, 0.15) is 33.0 Å². The highest BCUT2D eigenvalue weighted by molar-refractivity contribution is 5.96. The van der Waals surface area contributed by atoms with Crippen LogP contribution in [0, 0.1) is 20.8 Å². The van der Waals surface area contributed by atoms with Crippen molar-refractivity contribution >= 4 is 5.91 Å². The molecule has 0 saturated carbocycles. The summed E-state index contributed by atoms with van der Waals surface area (Å²) in [4.78, 5) is 12.1. The average Bonchev–Trinajstić information content (AvgIpc) is 2.65. The van der Waals surface area contributed by atoms with Gasteiger partial charge in [0.25, 0.3) is 5.91 Å². The van der Waals surface area contributed by atoms with E-state index in [9.17, 15) is 9.90 Å². The summed E-state index contributed by atoms with van der Waals surface area (Å²) in [6.07, 6.45) is 0.723. The molecule has 106 valence electrons. The molecule has 0 saturated heterocycles. The molecule has 1 heterocycles. The third-order valence-corrected chi connectivity index (χ3v) is 3.42. The third-order valence-electron chi connectivity index (χ3n) is 3.42. The Morgan fingerprint density at radius 3 is 2.35 bits per heavy atom. The number of phenolic OH excluding ortho intramolecular Hbond substituents is 1. The van der Waals surface area contributed by atoms with Gasteiger partial charge in [0.1, 0.15) is 17.3 Å². The van der Waals surface area contributed by atoms with Crippen molar-refractivity contribution in [2.24, 2.45) is 0 Å². The lowest BCUT2D eigenvalue weighted by Crippen LogP contribution is -2.26. The van der Waals surface area contributed by atoms with Gasteiger partial charge in [0, 0.05) is 12.1 Å². The van der Waals surface area contributed by atoms with Crippen LogP contribution in [0.15, 0.2) is 28.7 Å². The van der Waals surface area contributed by atoms with Crippen LogP contribution in [0.2, 0.25) is 0 Å². The van der Waals surface area contributed by atoms with Gasteiger partial charge in [0.2, 0.25) is 0 Å². The molecule has 0 unspecified atom stereocenters. The van der Waals surface area contributed by atoms with E-state index in [0.717, 1.165) is 23.3 Å². The molecular weight excluding hydrogens is 254 g/mol. The number of nitrogens with one attached hydrogen (secondary N) is 1. The molecule has 0 spiro atoms. The molecule has 0 radical (unpaired) electrons. The second kappa shape index (κ2) is 5.82. The van der Waals surface area contributed by atoms with E-state index < -0.39 is 0 Å². The molecule has 2 rings (SSSR count). The van der Waals surface area contributed by atoms with E-state index >= 15 is 0 Å². The quantitative estimate of drug-likeness (QED) is 0.900. The average molecular weight is 273 g/mol. The predicted molar refractivity (Wildman–Crippen MR) is 77.1 cm³/mol. The van der Waals surface area contributed by atoms with Gasteiger partial charge >= 0.3 is 0 Å². The zero-order chi connectivity index (χ0) is 14.7. The fourth-order valence-corrected chi connectivity index (χ4v) is 2.20. The number of hydrogen-bond donors (Lipinski definition) is 2. The number of aromatic hydroxyl groups is 1. The van der Waals surface area contributed by atoms with Crippen molar-refractivity contribution in [3.63, 3.8) is 0 Å². The molecule has 4 heteroatoms. The van der Waals surface area contributed by atoms with Crippen LogP contribution in [-0.4, -0.2) is 17.6 Å². The van der Waals surface area contributed by atoms with Gasteiger partial charge in [-0.2, -0.15) is 0 Å². The van der Waals surface area contributed by atoms with Crippen molar-refractivity contribution in [2.75, 3.05) is 6.54 Å². The number of phenols is 1. The highest BCUT2D eigenvalue weighted by Crippen LogP contribution is 2.20. The van der Waals surface area contributed by atoms with Crippen molar-refractivity contribution in [1.29, 1.82) is 0 Å². The summed E-state index contributed by atoms with van der Waals surface area (Å²) in [5.74, 6) is 1.59. The van der Waals surface area contributed by atoms with Gasteiger partial charge in [-0.15, -0.1) is 0 Å². The summed E-state index contributed by atoms with van der Waals surface area (Å²) in [7, 11) is 0. The lowest BCUT2D eigenvalue weighted by Gasteiger charge is -2.06. The van der Waals surface area contributed by atoms with E-state index in [-0.39, 0.29) is 11.7 Å². The first-order valence-electron chi connectivity index (χ1n) is 6.61. The van der Waals surface area contributed by atoms with Gasteiger partial charge in [-0.3, -0.25) is 4.79 Å². The molecule has 20 heavy (non-hydrogen) atoms. The number of rotatable bonds is 4. The van der Waals surface area contributed by atoms with Crippen molar-refractivity contribution in [3.8, 4) is 5.75 Å². The molecule has 1 aromatic carbocycles. The minimum Gasteiger partial charge on any atom is -0.508 e. The van der Waals surface area contributed by atoms with Gasteiger partial charge in [-0.25, -0.2) is 0 Å². The maximum atomic E-state index is 12.1. The van der Waals surface area contributed by atoms with E-state index in [4.69, 9.17) is 4.42 Å². The Balaban J connectivity index is 1.94. The lowest BCUT2D eigenvalue weighted by molar-refractivity contribution is 0.0952. The second-order valence-corrected chi connectivity index (χ2v) is 4.89. The number of carbonyl (C=O) groups is 1. The third kappa shape index (κ3) is 3.02. The fraction of sp³-hybridized carbons (Fsp3) is 0.312. The van der Waals surface area contributed by atoms with Crippen molar-refractivity contribution in [3.05, 3.63) is 52.5 Å². The van der Waals surface area contributed by atoms with E-state index in [1.807, 2.05) is 26.0 Å². The molecule has 1 amide bonds. The van der Waals surface area contributed by atoms with Crippen molar-refractivity contribution < 1.29 is 14.3 Å². The van der Waals surface area contributed by atoms with Crippen LogP contribution < -0.4 is 5.32 Å². The van der Waals surface area contributed by atoms with Crippen LogP contribution in [0.5, 0.6) is 5.75 Å². The largest absolute Gasteiger partial charge is 0.508 e. The Morgan fingerprint density at radius 2 is 1.80 bits per heavy atom. The van der Waals surface area contributed by atoms with Gasteiger partial charge < -0.3 is 14.8 Å². The standard InChI is InChI=1S/C16H19NO3/c1-10-11(2)20-12(3)15(10)16(19)17-9-8-13-4-6-14(18)7-5-13/h4-7,18H,8-9H2,1-3H3,(H,17,19). The number of benzene rings is 1. The lowest BCUT2D eigenvalue weighted by atomic mass is 10.1. The SMILES string of the molecule is Cc1oc(C)c(C(=O)NCCc2ccc(O)cc2)c1C. The highest BCUT2D eigenvalue weighted by Gasteiger charge is 2.17. The number of hydrogen-bond acceptors (Lipinski definition) is 3. The first-order valence-corrected chi connectivity index (χ1v) is 6.61. The number of carbonyl (C=O) groups excluding carboxylic acids is 1. The maximum Gasteiger partial charge on any atom is 0.255 e. The number of amides is 1. The summed E-state index contributed by atoms with van der Waals surface area (Å²) in [5, 5.41) is 12.1. The summed E-state index contributed by atoms with van der Waals surface area (Å²) < 4.78 is 5.46. The van der Waals surface area contributed by atoms with Crippen LogP contribution in [0.3, 0.4) is 0 Å². The molecule has 4 nitrogen and oxygen atoms in total. The Bertz CT molecular complexity index is 611. The Hall–Kier alpha value is -2.23. The smallest absolute Gasteiger partial charge is 0.255 e. The monoisotopic (exact) mass is 273 g/mol. The van der Waals surface area contributed by atoms with Crippen molar-refractivity contribution in [2.45, 2.75) is 27.2 Å². The first-order chi connectivity index (χ1) is 9.49. The molecule has 0 bridgehead atoms. The molecule has 0 fully saturated rings. The molecule has 1 aromatic heterocycles. The molecular formula is C16H19NO3. The minimum absolute atomic E-state index is 0.101. The Labute approximate surface area is 118 Å². The van der Waals surface area contributed by atoms with E-state index in [1.54, 1.807) is 19.1 Å². The first kappa shape index (κ1) is 14.2. The van der Waals surface area contributed by atoms with Crippen LogP contribution in [0.4, 0.5) is 0 Å². The zero-order valence-corrected chi connectivity index (χ0v) is 12.0. The second-order valence-electron chi connectivity index (χ2n) is 4.89. The van der Waals surface area contributed by atoms with E-state index in [2.05, 4.69) is 5.32 Å². The van der Waals surface area contributed by atoms with Gasteiger partial charge in [-0.05, 0) is 44.9 Å². The maximum absolute atomic E-state index is 12.1. The van der Waals surface area contributed by atoms with E-state index in [1.165, 1.54) is 0 Å². The Kier molecular flexibility index (Phi) is 4.13. The molecule has 2 aromatic rings. The predicted octanol–water partition coefficient (Wildman–Crippen LogP) is 2.88. The van der Waals surface area contributed by atoms with Crippen molar-refractivity contribution in [1.82, 2.24) is 5.32 Å². The highest BCUT2D eigenvalue weighted by atomic mass is 16.3. The van der Waals surface area contributed by atoms with Gasteiger partial charge in [0.15, 0.2) is 0 Å². The molecule has 2 N–H and O–H groups in total. The van der Waals surface area contributed by atoms with Crippen LogP contribution >= 0.6 is 0 Å². The molecule has 0 aliphatic rings. The topological polar surface area (TPSA) is 62.5 Å². The number of furan rings is 1.